The van der Waals surface area contributed by atoms with Crippen LogP contribution in [0.2, 0.25) is 0 Å². The summed E-state index contributed by atoms with van der Waals surface area (Å²) < 4.78 is 5.37. The Morgan fingerprint density at radius 1 is 1.57 bits per heavy atom. The molecule has 2 nitrogen and oxygen atoms in total. The van der Waals surface area contributed by atoms with Gasteiger partial charge in [0.1, 0.15) is 0 Å². The Kier molecular flexibility index (Phi) is 2.91. The van der Waals surface area contributed by atoms with Crippen molar-refractivity contribution in [1.29, 1.82) is 0 Å². The average Bonchev–Trinajstić information content (AvgIpc) is 2.73. The maximum Gasteiger partial charge on any atom is 0.0513 e. The van der Waals surface area contributed by atoms with E-state index in [0.29, 0.717) is 5.92 Å². The zero-order chi connectivity index (χ0) is 10.1. The van der Waals surface area contributed by atoms with Gasteiger partial charge in [0.2, 0.25) is 0 Å². The summed E-state index contributed by atoms with van der Waals surface area (Å²) in [5.41, 5.74) is 7.58. The van der Waals surface area contributed by atoms with Crippen molar-refractivity contribution in [3.8, 4) is 0 Å². The third kappa shape index (κ3) is 1.85. The maximum absolute atomic E-state index is 6.24. The van der Waals surface area contributed by atoms with Crippen LogP contribution in [0, 0.1) is 19.8 Å². The van der Waals surface area contributed by atoms with E-state index in [2.05, 4.69) is 19.9 Å². The van der Waals surface area contributed by atoms with E-state index in [9.17, 15) is 0 Å². The molecule has 2 unspecified atom stereocenters. The van der Waals surface area contributed by atoms with Crippen molar-refractivity contribution in [2.45, 2.75) is 26.3 Å². The SMILES string of the molecule is Cc1cc(C)c(C(N)C2CCOC2)s1. The molecular weight excluding hydrogens is 194 g/mol. The summed E-state index contributed by atoms with van der Waals surface area (Å²) in [5.74, 6) is 0.520. The van der Waals surface area contributed by atoms with Crippen molar-refractivity contribution in [3.05, 3.63) is 21.4 Å². The predicted octanol–water partition coefficient (Wildman–Crippen LogP) is 2.40. The van der Waals surface area contributed by atoms with Gasteiger partial charge in [-0.2, -0.15) is 0 Å². The van der Waals surface area contributed by atoms with E-state index >= 15 is 0 Å². The molecule has 0 aromatic carbocycles. The number of hydrogen-bond acceptors (Lipinski definition) is 3. The van der Waals surface area contributed by atoms with Gasteiger partial charge in [0.15, 0.2) is 0 Å². The topological polar surface area (TPSA) is 35.2 Å². The summed E-state index contributed by atoms with van der Waals surface area (Å²) in [4.78, 5) is 2.70. The first kappa shape index (κ1) is 10.1. The predicted molar refractivity (Wildman–Crippen MR) is 59.6 cm³/mol. The second-order valence-corrected chi connectivity index (χ2v) is 5.34. The smallest absolute Gasteiger partial charge is 0.0513 e. The molecule has 1 aromatic rings. The molecule has 0 amide bonds. The van der Waals surface area contributed by atoms with E-state index in [1.807, 2.05) is 11.3 Å². The lowest BCUT2D eigenvalue weighted by Gasteiger charge is -2.16. The van der Waals surface area contributed by atoms with E-state index in [0.717, 1.165) is 19.6 Å². The van der Waals surface area contributed by atoms with Gasteiger partial charge >= 0.3 is 0 Å². The molecule has 78 valence electrons. The zero-order valence-electron chi connectivity index (χ0n) is 8.75. The van der Waals surface area contributed by atoms with Crippen LogP contribution in [0.3, 0.4) is 0 Å². The number of aryl methyl sites for hydroxylation is 2. The second kappa shape index (κ2) is 4.01. The first-order chi connectivity index (χ1) is 6.68. The average molecular weight is 211 g/mol. The van der Waals surface area contributed by atoms with Gasteiger partial charge in [-0.15, -0.1) is 11.3 Å². The molecule has 2 N–H and O–H groups in total. The van der Waals surface area contributed by atoms with Crippen LogP contribution in [0.25, 0.3) is 0 Å². The van der Waals surface area contributed by atoms with E-state index in [1.54, 1.807) is 0 Å². The van der Waals surface area contributed by atoms with Gasteiger partial charge in [-0.25, -0.2) is 0 Å². The Bertz CT molecular complexity index is 315. The molecule has 0 bridgehead atoms. The highest BCUT2D eigenvalue weighted by molar-refractivity contribution is 7.12. The Labute approximate surface area is 89.1 Å². The maximum atomic E-state index is 6.24. The van der Waals surface area contributed by atoms with E-state index in [4.69, 9.17) is 10.5 Å². The quantitative estimate of drug-likeness (QED) is 0.815. The Hall–Kier alpha value is -0.380. The van der Waals surface area contributed by atoms with Gasteiger partial charge in [-0.3, -0.25) is 0 Å². The van der Waals surface area contributed by atoms with Crippen LogP contribution in [0.15, 0.2) is 6.07 Å². The molecule has 1 aromatic heterocycles. The van der Waals surface area contributed by atoms with Crippen LogP contribution >= 0.6 is 11.3 Å². The Balaban J connectivity index is 2.17. The number of nitrogens with two attached hydrogens (primary N) is 1. The van der Waals surface area contributed by atoms with Gasteiger partial charge in [-0.05, 0) is 31.9 Å². The molecule has 0 saturated carbocycles. The summed E-state index contributed by atoms with van der Waals surface area (Å²) in [5, 5.41) is 0. The van der Waals surface area contributed by atoms with Crippen LogP contribution in [0.1, 0.15) is 27.8 Å². The second-order valence-electron chi connectivity index (χ2n) is 4.05. The molecule has 0 radical (unpaired) electrons. The summed E-state index contributed by atoms with van der Waals surface area (Å²) in [7, 11) is 0. The molecule has 0 aliphatic carbocycles. The number of thiophene rings is 1. The highest BCUT2D eigenvalue weighted by Crippen LogP contribution is 2.33. The minimum atomic E-state index is 0.177. The number of rotatable bonds is 2. The van der Waals surface area contributed by atoms with Crippen LogP contribution in [0.4, 0.5) is 0 Å². The summed E-state index contributed by atoms with van der Waals surface area (Å²) in [6, 6.07) is 2.39. The van der Waals surface area contributed by atoms with Gasteiger partial charge in [0, 0.05) is 28.3 Å². The summed E-state index contributed by atoms with van der Waals surface area (Å²) in [6.45, 7) is 5.99. The molecule has 0 spiro atoms. The molecular formula is C11H17NOS. The lowest BCUT2D eigenvalue weighted by Crippen LogP contribution is -2.21. The normalized spacial score (nSPS) is 24.1. The van der Waals surface area contributed by atoms with Gasteiger partial charge in [0.05, 0.1) is 6.61 Å². The molecule has 1 aliphatic rings. The molecule has 2 rings (SSSR count). The fraction of sp³-hybridized carbons (Fsp3) is 0.636. The molecule has 2 atom stereocenters. The monoisotopic (exact) mass is 211 g/mol. The van der Waals surface area contributed by atoms with E-state index in [-0.39, 0.29) is 6.04 Å². The van der Waals surface area contributed by atoms with Crippen LogP contribution in [-0.4, -0.2) is 13.2 Å². The lowest BCUT2D eigenvalue weighted by atomic mass is 9.97. The first-order valence-electron chi connectivity index (χ1n) is 5.08. The molecule has 1 aliphatic heterocycles. The molecule has 3 heteroatoms. The van der Waals surface area contributed by atoms with Crippen LogP contribution in [0.5, 0.6) is 0 Å². The van der Waals surface area contributed by atoms with E-state index < -0.39 is 0 Å². The largest absolute Gasteiger partial charge is 0.381 e. The van der Waals surface area contributed by atoms with Crippen molar-refractivity contribution in [2.24, 2.45) is 11.7 Å². The Morgan fingerprint density at radius 2 is 2.36 bits per heavy atom. The number of hydrogen-bond donors (Lipinski definition) is 1. The first-order valence-corrected chi connectivity index (χ1v) is 5.90. The fourth-order valence-electron chi connectivity index (χ4n) is 2.04. The van der Waals surface area contributed by atoms with E-state index in [1.165, 1.54) is 15.3 Å². The van der Waals surface area contributed by atoms with Gasteiger partial charge in [-0.1, -0.05) is 0 Å². The lowest BCUT2D eigenvalue weighted by molar-refractivity contribution is 0.181. The summed E-state index contributed by atoms with van der Waals surface area (Å²) >= 11 is 1.83. The summed E-state index contributed by atoms with van der Waals surface area (Å²) in [6.07, 6.45) is 1.11. The Morgan fingerprint density at radius 3 is 2.86 bits per heavy atom. The van der Waals surface area contributed by atoms with Crippen molar-refractivity contribution < 1.29 is 4.74 Å². The minimum Gasteiger partial charge on any atom is -0.381 e. The fourth-order valence-corrected chi connectivity index (χ4v) is 3.17. The van der Waals surface area contributed by atoms with Gasteiger partial charge < -0.3 is 10.5 Å². The third-order valence-corrected chi connectivity index (χ3v) is 4.11. The zero-order valence-corrected chi connectivity index (χ0v) is 9.56. The number of ether oxygens (including phenoxy) is 1. The molecule has 1 fully saturated rings. The van der Waals surface area contributed by atoms with Crippen molar-refractivity contribution in [1.82, 2.24) is 0 Å². The van der Waals surface area contributed by atoms with Crippen LogP contribution in [-0.2, 0) is 4.74 Å². The standard InChI is InChI=1S/C11H17NOS/c1-7-5-8(2)14-11(7)10(12)9-3-4-13-6-9/h5,9-10H,3-4,6,12H2,1-2H3. The van der Waals surface area contributed by atoms with Crippen LogP contribution < -0.4 is 5.73 Å². The third-order valence-electron chi connectivity index (χ3n) is 2.85. The minimum absolute atomic E-state index is 0.177. The molecule has 2 heterocycles. The van der Waals surface area contributed by atoms with Gasteiger partial charge in [0.25, 0.3) is 0 Å². The molecule has 14 heavy (non-hydrogen) atoms. The van der Waals surface area contributed by atoms with Crippen molar-refractivity contribution in [2.75, 3.05) is 13.2 Å². The van der Waals surface area contributed by atoms with Crippen molar-refractivity contribution in [3.63, 3.8) is 0 Å². The molecule has 1 saturated heterocycles. The highest BCUT2D eigenvalue weighted by Gasteiger charge is 2.26. The van der Waals surface area contributed by atoms with Crippen molar-refractivity contribution >= 4 is 11.3 Å². The highest BCUT2D eigenvalue weighted by atomic mass is 32.1.